The van der Waals surface area contributed by atoms with E-state index in [0.717, 1.165) is 4.90 Å². The van der Waals surface area contributed by atoms with Crippen LogP contribution in [0.25, 0.3) is 0 Å². The Morgan fingerprint density at radius 1 is 1.40 bits per heavy atom. The van der Waals surface area contributed by atoms with E-state index in [1.54, 1.807) is 7.05 Å². The molecule has 0 aliphatic rings. The van der Waals surface area contributed by atoms with Crippen molar-refractivity contribution in [3.8, 4) is 0 Å². The van der Waals surface area contributed by atoms with Gasteiger partial charge in [0.15, 0.2) is 0 Å². The van der Waals surface area contributed by atoms with Gasteiger partial charge < -0.3 is 10.5 Å². The Balaban J connectivity index is 2.39. The van der Waals surface area contributed by atoms with E-state index < -0.39 is 10.0 Å². The van der Waals surface area contributed by atoms with Crippen molar-refractivity contribution in [1.29, 1.82) is 0 Å². The molecular weight excluding hydrogens is 296 g/mol. The van der Waals surface area contributed by atoms with Crippen LogP contribution in [0, 0.1) is 0 Å². The lowest BCUT2D eigenvalue weighted by molar-refractivity contribution is 0.138. The molecule has 0 heterocycles. The Hall–Kier alpha value is -0.760. The van der Waals surface area contributed by atoms with Crippen LogP contribution in [0.15, 0.2) is 29.2 Å². The number of benzene rings is 1. The van der Waals surface area contributed by atoms with Gasteiger partial charge in [0.05, 0.1) is 12.4 Å². The number of nitrogen functional groups attached to an aromatic ring is 1. The highest BCUT2D eigenvalue weighted by atomic mass is 32.2. The zero-order valence-corrected chi connectivity index (χ0v) is 13.5. The van der Waals surface area contributed by atoms with Crippen LogP contribution in [0.3, 0.4) is 0 Å². The van der Waals surface area contributed by atoms with Crippen molar-refractivity contribution in [3.63, 3.8) is 0 Å². The minimum atomic E-state index is -3.22. The lowest BCUT2D eigenvalue weighted by atomic mass is 10.3. The van der Waals surface area contributed by atoms with Crippen LogP contribution < -0.4 is 5.73 Å². The molecule has 0 atom stereocenters. The standard InChI is InChI=1S/C13H22N2O3S2/c1-3-18-8-7-15(2)20(16,17)10-9-19-13-6-4-5-12(14)11-13/h4-6,11H,3,7-10,14H2,1-2H3. The van der Waals surface area contributed by atoms with Crippen LogP contribution in [-0.4, -0.2) is 51.0 Å². The Bertz CT molecular complexity index is 506. The maximum atomic E-state index is 12.0. The third kappa shape index (κ3) is 6.13. The highest BCUT2D eigenvalue weighted by Gasteiger charge is 2.17. The maximum Gasteiger partial charge on any atom is 0.214 e. The smallest absolute Gasteiger partial charge is 0.214 e. The van der Waals surface area contributed by atoms with Crippen LogP contribution >= 0.6 is 11.8 Å². The Kier molecular flexibility index (Phi) is 7.36. The van der Waals surface area contributed by atoms with Gasteiger partial charge in [-0.05, 0) is 25.1 Å². The molecular formula is C13H22N2O3S2. The van der Waals surface area contributed by atoms with Gasteiger partial charge in [0.2, 0.25) is 10.0 Å². The van der Waals surface area contributed by atoms with Crippen LogP contribution in [0.1, 0.15) is 6.92 Å². The van der Waals surface area contributed by atoms with E-state index in [0.29, 0.717) is 31.2 Å². The summed E-state index contributed by atoms with van der Waals surface area (Å²) < 4.78 is 30.5. The molecule has 7 heteroatoms. The summed E-state index contributed by atoms with van der Waals surface area (Å²) in [4.78, 5) is 0.983. The monoisotopic (exact) mass is 318 g/mol. The van der Waals surface area contributed by atoms with Crippen LogP contribution in [-0.2, 0) is 14.8 Å². The zero-order chi connectivity index (χ0) is 15.0. The zero-order valence-electron chi connectivity index (χ0n) is 11.9. The van der Waals surface area contributed by atoms with Gasteiger partial charge in [0, 0.05) is 36.5 Å². The van der Waals surface area contributed by atoms with Gasteiger partial charge in [0.1, 0.15) is 0 Å². The largest absolute Gasteiger partial charge is 0.399 e. The number of thioether (sulfide) groups is 1. The molecule has 0 saturated carbocycles. The van der Waals surface area contributed by atoms with Gasteiger partial charge in [-0.15, -0.1) is 11.8 Å². The second-order valence-corrected chi connectivity index (χ2v) is 7.62. The van der Waals surface area contributed by atoms with Gasteiger partial charge in [-0.25, -0.2) is 12.7 Å². The molecule has 0 radical (unpaired) electrons. The van der Waals surface area contributed by atoms with Crippen LogP contribution in [0.5, 0.6) is 0 Å². The van der Waals surface area contributed by atoms with E-state index in [1.807, 2.05) is 31.2 Å². The second-order valence-electron chi connectivity index (χ2n) is 4.26. The van der Waals surface area contributed by atoms with Gasteiger partial charge >= 0.3 is 0 Å². The first-order valence-electron chi connectivity index (χ1n) is 6.46. The molecule has 2 N–H and O–H groups in total. The third-order valence-electron chi connectivity index (χ3n) is 2.70. The average molecular weight is 318 g/mol. The van der Waals surface area contributed by atoms with Gasteiger partial charge in [-0.2, -0.15) is 0 Å². The van der Waals surface area contributed by atoms with Crippen molar-refractivity contribution in [2.24, 2.45) is 0 Å². The molecule has 20 heavy (non-hydrogen) atoms. The Morgan fingerprint density at radius 3 is 2.80 bits per heavy atom. The molecule has 0 saturated heterocycles. The lowest BCUT2D eigenvalue weighted by Gasteiger charge is -2.16. The fourth-order valence-electron chi connectivity index (χ4n) is 1.50. The molecule has 0 fully saturated rings. The summed E-state index contributed by atoms with van der Waals surface area (Å²) in [5.74, 6) is 0.611. The minimum absolute atomic E-state index is 0.106. The number of ether oxygens (including phenoxy) is 1. The van der Waals surface area contributed by atoms with E-state index in [9.17, 15) is 8.42 Å². The first kappa shape index (κ1) is 17.3. The first-order valence-corrected chi connectivity index (χ1v) is 9.05. The summed E-state index contributed by atoms with van der Waals surface area (Å²) in [6, 6.07) is 7.44. The molecule has 1 rings (SSSR count). The fraction of sp³-hybridized carbons (Fsp3) is 0.538. The first-order chi connectivity index (χ1) is 9.45. The predicted octanol–water partition coefficient (Wildman–Crippen LogP) is 1.66. The van der Waals surface area contributed by atoms with Gasteiger partial charge in [0.25, 0.3) is 0 Å². The highest BCUT2D eigenvalue weighted by Crippen LogP contribution is 2.20. The van der Waals surface area contributed by atoms with Crippen molar-refractivity contribution in [3.05, 3.63) is 24.3 Å². The Labute approximate surface area is 125 Å². The number of hydrogen-bond donors (Lipinski definition) is 1. The normalized spacial score (nSPS) is 11.9. The molecule has 5 nitrogen and oxygen atoms in total. The molecule has 0 unspecified atom stereocenters. The van der Waals surface area contributed by atoms with E-state index >= 15 is 0 Å². The summed E-state index contributed by atoms with van der Waals surface area (Å²) >= 11 is 1.49. The summed E-state index contributed by atoms with van der Waals surface area (Å²) in [6.07, 6.45) is 0. The molecule has 0 amide bonds. The van der Waals surface area contributed by atoms with Crippen LogP contribution in [0.4, 0.5) is 5.69 Å². The van der Waals surface area contributed by atoms with Crippen molar-refractivity contribution in [2.45, 2.75) is 11.8 Å². The summed E-state index contributed by atoms with van der Waals surface area (Å²) in [5, 5.41) is 0. The molecule has 1 aromatic carbocycles. The molecule has 0 aromatic heterocycles. The van der Waals surface area contributed by atoms with E-state index in [1.165, 1.54) is 16.1 Å². The molecule has 0 aliphatic carbocycles. The van der Waals surface area contributed by atoms with Crippen molar-refractivity contribution in [1.82, 2.24) is 4.31 Å². The number of sulfonamides is 1. The van der Waals surface area contributed by atoms with Crippen LogP contribution in [0.2, 0.25) is 0 Å². The summed E-state index contributed by atoms with van der Waals surface area (Å²) in [7, 11) is -1.64. The molecule has 0 spiro atoms. The molecule has 114 valence electrons. The number of nitrogens with two attached hydrogens (primary N) is 1. The van der Waals surface area contributed by atoms with Crippen molar-refractivity contribution < 1.29 is 13.2 Å². The summed E-state index contributed by atoms with van der Waals surface area (Å²) in [5.41, 5.74) is 6.37. The molecule has 1 aromatic rings. The van der Waals surface area contributed by atoms with Gasteiger partial charge in [-0.3, -0.25) is 0 Å². The second kappa shape index (κ2) is 8.51. The quantitative estimate of drug-likeness (QED) is 0.426. The number of nitrogens with zero attached hydrogens (tertiary/aromatic N) is 1. The van der Waals surface area contributed by atoms with Crippen molar-refractivity contribution >= 4 is 27.5 Å². The predicted molar refractivity (Wildman–Crippen MR) is 84.5 cm³/mol. The number of hydrogen-bond acceptors (Lipinski definition) is 5. The number of likely N-dealkylation sites (N-methyl/N-ethyl adjacent to an activating group) is 1. The number of anilines is 1. The molecule has 0 aliphatic heterocycles. The average Bonchev–Trinajstić information content (AvgIpc) is 2.38. The molecule has 0 bridgehead atoms. The Morgan fingerprint density at radius 2 is 2.15 bits per heavy atom. The van der Waals surface area contributed by atoms with Crippen molar-refractivity contribution in [2.75, 3.05) is 44.0 Å². The SMILES string of the molecule is CCOCCN(C)S(=O)(=O)CCSc1cccc(N)c1. The van der Waals surface area contributed by atoms with E-state index in [2.05, 4.69) is 0 Å². The minimum Gasteiger partial charge on any atom is -0.399 e. The summed E-state index contributed by atoms with van der Waals surface area (Å²) in [6.45, 7) is 3.30. The highest BCUT2D eigenvalue weighted by molar-refractivity contribution is 8.00. The van der Waals surface area contributed by atoms with E-state index in [4.69, 9.17) is 10.5 Å². The lowest BCUT2D eigenvalue weighted by Crippen LogP contribution is -2.32. The maximum absolute atomic E-state index is 12.0. The topological polar surface area (TPSA) is 72.6 Å². The number of rotatable bonds is 9. The third-order valence-corrected chi connectivity index (χ3v) is 5.80. The fourth-order valence-corrected chi connectivity index (χ4v) is 3.97. The van der Waals surface area contributed by atoms with E-state index in [-0.39, 0.29) is 5.75 Å². The van der Waals surface area contributed by atoms with Gasteiger partial charge in [-0.1, -0.05) is 6.07 Å².